The number of nitro benzene ring substituents is 2. The number of nitrogens with zero attached hydrogens (tertiary/aromatic N) is 2. The average molecular weight is 424 g/mol. The number of non-ortho nitro benzene ring substituents is 1. The van der Waals surface area contributed by atoms with Crippen molar-refractivity contribution in [2.75, 3.05) is 0 Å². The Bertz CT molecular complexity index is 813. The van der Waals surface area contributed by atoms with Crippen LogP contribution in [0, 0.1) is 20.2 Å². The number of rotatable bonds is 7. The van der Waals surface area contributed by atoms with Gasteiger partial charge in [-0.2, -0.15) is 8.78 Å². The molecule has 1 N–H and O–H groups in total. The molecule has 13 heteroatoms. The highest BCUT2D eigenvalue weighted by atomic mass is 19.3. The second kappa shape index (κ2) is 8.57. The number of nitro groups is 2. The predicted octanol–water partition coefficient (Wildman–Crippen LogP) is 5.19. The molecule has 9 nitrogen and oxygen atoms in total. The van der Waals surface area contributed by atoms with Gasteiger partial charge in [-0.3, -0.25) is 20.2 Å². The molecule has 0 aliphatic heterocycles. The van der Waals surface area contributed by atoms with Crippen LogP contribution in [-0.4, -0.2) is 33.5 Å². The normalized spacial score (nSPS) is 16.4. The Morgan fingerprint density at radius 3 is 2.17 bits per heavy atom. The lowest BCUT2D eigenvalue weighted by molar-refractivity contribution is -0.395. The van der Waals surface area contributed by atoms with E-state index in [0.717, 1.165) is 12.5 Å². The van der Waals surface area contributed by atoms with Gasteiger partial charge in [0.15, 0.2) is 0 Å². The van der Waals surface area contributed by atoms with Crippen LogP contribution in [0.1, 0.15) is 55.3 Å². The smallest absolute Gasteiger partial charge is 0.450 e. The van der Waals surface area contributed by atoms with E-state index in [0.29, 0.717) is 31.7 Å². The molecule has 1 fully saturated rings. The lowest BCUT2D eigenvalue weighted by Crippen LogP contribution is -2.38. The van der Waals surface area contributed by atoms with Crippen LogP contribution in [0.4, 0.5) is 33.7 Å². The van der Waals surface area contributed by atoms with Gasteiger partial charge in [-0.15, -0.1) is 0 Å². The summed E-state index contributed by atoms with van der Waals surface area (Å²) in [5.41, 5.74) is -3.50. The molecule has 1 aromatic carbocycles. The summed E-state index contributed by atoms with van der Waals surface area (Å²) < 4.78 is 58.4. The van der Waals surface area contributed by atoms with E-state index in [2.05, 4.69) is 4.74 Å². The molecule has 1 aliphatic carbocycles. The Morgan fingerprint density at radius 1 is 1.14 bits per heavy atom. The molecule has 29 heavy (non-hydrogen) atoms. The summed E-state index contributed by atoms with van der Waals surface area (Å²) in [6.45, 7) is 0. The van der Waals surface area contributed by atoms with E-state index >= 15 is 0 Å². The molecule has 2 rings (SSSR count). The lowest BCUT2D eigenvalue weighted by atomic mass is 9.79. The third-order valence-corrected chi connectivity index (χ3v) is 4.75. The summed E-state index contributed by atoms with van der Waals surface area (Å²) >= 11 is 0. The predicted molar refractivity (Wildman–Crippen MR) is 88.4 cm³/mol. The molecular weight excluding hydrogens is 408 g/mol. The van der Waals surface area contributed by atoms with Gasteiger partial charge in [-0.1, -0.05) is 19.3 Å². The fourth-order valence-corrected chi connectivity index (χ4v) is 3.48. The molecule has 0 aromatic heterocycles. The standard InChI is InChI=1S/C16H16F4N2O7/c17-14(18)16(19,20)13(29-15(23)24)12-10(8-4-2-1-3-5-8)6-9(21(25)26)7-11(12)22(27)28/h6-8,13-14H,1-5H2,(H,23,24). The van der Waals surface area contributed by atoms with Crippen molar-refractivity contribution in [1.29, 1.82) is 0 Å². The zero-order chi connectivity index (χ0) is 21.9. The first-order chi connectivity index (χ1) is 13.5. The van der Waals surface area contributed by atoms with Crippen molar-refractivity contribution in [3.05, 3.63) is 43.5 Å². The molecule has 0 saturated heterocycles. The summed E-state index contributed by atoms with van der Waals surface area (Å²) in [7, 11) is 0. The van der Waals surface area contributed by atoms with E-state index in [4.69, 9.17) is 5.11 Å². The maximum absolute atomic E-state index is 14.2. The molecule has 0 spiro atoms. The zero-order valence-electron chi connectivity index (χ0n) is 14.7. The van der Waals surface area contributed by atoms with Crippen LogP contribution in [0.15, 0.2) is 12.1 Å². The third kappa shape index (κ3) is 4.71. The van der Waals surface area contributed by atoms with Gasteiger partial charge in [0.2, 0.25) is 6.10 Å². The van der Waals surface area contributed by atoms with Crippen molar-refractivity contribution < 1.29 is 42.0 Å². The highest BCUT2D eigenvalue weighted by molar-refractivity contribution is 5.61. The van der Waals surface area contributed by atoms with Gasteiger partial charge in [0.25, 0.3) is 11.4 Å². The zero-order valence-corrected chi connectivity index (χ0v) is 14.7. The number of hydrogen-bond donors (Lipinski definition) is 1. The fraction of sp³-hybridized carbons (Fsp3) is 0.562. The van der Waals surface area contributed by atoms with Crippen molar-refractivity contribution in [3.63, 3.8) is 0 Å². The minimum atomic E-state index is -5.11. The van der Waals surface area contributed by atoms with E-state index in [1.54, 1.807) is 0 Å². The molecule has 160 valence electrons. The second-order valence-corrected chi connectivity index (χ2v) is 6.56. The summed E-state index contributed by atoms with van der Waals surface area (Å²) in [6.07, 6.45) is -7.41. The molecule has 0 radical (unpaired) electrons. The molecule has 0 bridgehead atoms. The summed E-state index contributed by atoms with van der Waals surface area (Å²) in [5, 5.41) is 31.4. The van der Waals surface area contributed by atoms with Gasteiger partial charge in [-0.25, -0.2) is 13.6 Å². The van der Waals surface area contributed by atoms with E-state index < -0.39 is 57.3 Å². The summed E-state index contributed by atoms with van der Waals surface area (Å²) in [6, 6.07) is 1.12. The van der Waals surface area contributed by atoms with Gasteiger partial charge in [0.1, 0.15) is 0 Å². The minimum Gasteiger partial charge on any atom is -0.450 e. The summed E-state index contributed by atoms with van der Waals surface area (Å²) in [4.78, 5) is 31.3. The van der Waals surface area contributed by atoms with Gasteiger partial charge in [0.05, 0.1) is 21.5 Å². The first-order valence-corrected chi connectivity index (χ1v) is 8.49. The van der Waals surface area contributed by atoms with Crippen LogP contribution in [0.5, 0.6) is 0 Å². The Morgan fingerprint density at radius 2 is 1.72 bits per heavy atom. The van der Waals surface area contributed by atoms with Crippen LogP contribution in [0.3, 0.4) is 0 Å². The van der Waals surface area contributed by atoms with Crippen LogP contribution < -0.4 is 0 Å². The Balaban J connectivity index is 2.84. The highest BCUT2D eigenvalue weighted by Gasteiger charge is 2.55. The SMILES string of the molecule is O=C(O)OC(c1c(C2CCCCC2)cc([N+](=O)[O-])cc1[N+](=O)[O-])C(F)(F)C(F)F. The number of carbonyl (C=O) groups is 1. The van der Waals surface area contributed by atoms with Crippen molar-refractivity contribution in [2.24, 2.45) is 0 Å². The topological polar surface area (TPSA) is 133 Å². The lowest BCUT2D eigenvalue weighted by Gasteiger charge is -2.30. The maximum Gasteiger partial charge on any atom is 0.506 e. The Labute approximate surface area is 160 Å². The number of hydrogen-bond acceptors (Lipinski definition) is 6. The van der Waals surface area contributed by atoms with Crippen molar-refractivity contribution in [3.8, 4) is 0 Å². The minimum absolute atomic E-state index is 0.311. The maximum atomic E-state index is 14.2. The quantitative estimate of drug-likeness (QED) is 0.276. The monoisotopic (exact) mass is 424 g/mol. The fourth-order valence-electron chi connectivity index (χ4n) is 3.48. The van der Waals surface area contributed by atoms with E-state index in [9.17, 15) is 42.6 Å². The highest BCUT2D eigenvalue weighted by Crippen LogP contribution is 2.48. The Kier molecular flexibility index (Phi) is 6.59. The molecule has 1 aliphatic rings. The molecule has 0 amide bonds. The van der Waals surface area contributed by atoms with Crippen LogP contribution in [0.25, 0.3) is 0 Å². The molecule has 1 saturated carbocycles. The molecule has 1 atom stereocenters. The first-order valence-electron chi connectivity index (χ1n) is 8.49. The van der Waals surface area contributed by atoms with Gasteiger partial charge in [0, 0.05) is 6.07 Å². The first kappa shape index (κ1) is 22.3. The second-order valence-electron chi connectivity index (χ2n) is 6.56. The third-order valence-electron chi connectivity index (χ3n) is 4.75. The van der Waals surface area contributed by atoms with Gasteiger partial charge < -0.3 is 9.84 Å². The number of carboxylic acid groups (broad SMARTS) is 1. The van der Waals surface area contributed by atoms with Crippen LogP contribution in [0.2, 0.25) is 0 Å². The average Bonchev–Trinajstić information content (AvgIpc) is 2.65. The largest absolute Gasteiger partial charge is 0.506 e. The number of ether oxygens (including phenoxy) is 1. The Hall–Kier alpha value is -2.99. The van der Waals surface area contributed by atoms with E-state index in [-0.39, 0.29) is 5.56 Å². The van der Waals surface area contributed by atoms with Gasteiger partial charge >= 0.3 is 18.5 Å². The van der Waals surface area contributed by atoms with Crippen LogP contribution >= 0.6 is 0 Å². The number of halogens is 4. The van der Waals surface area contributed by atoms with Crippen LogP contribution in [-0.2, 0) is 4.74 Å². The van der Waals surface area contributed by atoms with Crippen molar-refractivity contribution in [1.82, 2.24) is 0 Å². The molecule has 0 heterocycles. The number of alkyl halides is 4. The van der Waals surface area contributed by atoms with Gasteiger partial charge in [-0.05, 0) is 24.3 Å². The van der Waals surface area contributed by atoms with E-state index in [1.165, 1.54) is 0 Å². The van der Waals surface area contributed by atoms with Crippen molar-refractivity contribution in [2.45, 2.75) is 56.5 Å². The summed E-state index contributed by atoms with van der Waals surface area (Å²) in [5.74, 6) is -5.80. The molecular formula is C16H16F4N2O7. The molecule has 1 unspecified atom stereocenters. The van der Waals surface area contributed by atoms with E-state index in [1.807, 2.05) is 0 Å². The number of benzene rings is 1. The molecule has 1 aromatic rings. The van der Waals surface area contributed by atoms with Crippen molar-refractivity contribution >= 4 is 17.5 Å².